The summed E-state index contributed by atoms with van der Waals surface area (Å²) in [6.45, 7) is 11.1. The van der Waals surface area contributed by atoms with Gasteiger partial charge in [0.05, 0.1) is 60.5 Å². The van der Waals surface area contributed by atoms with Crippen LogP contribution in [-0.4, -0.2) is 191 Å². The van der Waals surface area contributed by atoms with Crippen molar-refractivity contribution in [2.45, 2.75) is 167 Å². The first kappa shape index (κ1) is 71.0. The van der Waals surface area contributed by atoms with Crippen molar-refractivity contribution in [2.75, 3.05) is 69.0 Å². The van der Waals surface area contributed by atoms with Gasteiger partial charge in [0.25, 0.3) is 5.91 Å². The summed E-state index contributed by atoms with van der Waals surface area (Å²) in [6, 6.07) is 22.1. The van der Waals surface area contributed by atoms with Gasteiger partial charge >= 0.3 is 18.0 Å². The molecule has 6 heterocycles. The summed E-state index contributed by atoms with van der Waals surface area (Å²) in [5.41, 5.74) is 5.57. The topological polar surface area (TPSA) is 327 Å². The lowest BCUT2D eigenvalue weighted by atomic mass is 9.39. The van der Waals surface area contributed by atoms with Crippen LogP contribution in [0.1, 0.15) is 140 Å². The van der Waals surface area contributed by atoms with E-state index in [4.69, 9.17) is 33.8 Å². The number of aliphatic hydroxyl groups is 2. The smallest absolute Gasteiger partial charge is 0.409 e. The monoisotopic (exact) mass is 1400 g/mol. The van der Waals surface area contributed by atoms with Gasteiger partial charge in [0.15, 0.2) is 16.9 Å². The Morgan fingerprint density at radius 3 is 2.48 bits per heavy atom. The van der Waals surface area contributed by atoms with Gasteiger partial charge in [0.1, 0.15) is 24.3 Å². The number of anilines is 2. The van der Waals surface area contributed by atoms with Crippen LogP contribution in [0.25, 0.3) is 21.3 Å². The molecule has 27 heteroatoms. The minimum Gasteiger partial charge on any atom is -0.479 e. The molecule has 25 nitrogen and oxygen atoms in total. The number of carboxylic acid groups (broad SMARTS) is 2. The van der Waals surface area contributed by atoms with Crippen LogP contribution >= 0.6 is 22.1 Å². The average molecular weight is 1400 g/mol. The Kier molecular flexibility index (Phi) is 21.3. The van der Waals surface area contributed by atoms with E-state index in [1.165, 1.54) is 16.2 Å². The number of para-hydroxylation sites is 1. The number of aromatic nitrogens is 4. The highest BCUT2D eigenvalue weighted by Gasteiger charge is 2.66. The van der Waals surface area contributed by atoms with Crippen LogP contribution in [0, 0.1) is 23.2 Å². The van der Waals surface area contributed by atoms with E-state index in [1.54, 1.807) is 48.6 Å². The lowest BCUT2D eigenvalue weighted by Crippen LogP contribution is -2.64. The van der Waals surface area contributed by atoms with E-state index in [2.05, 4.69) is 29.5 Å². The van der Waals surface area contributed by atoms with E-state index >= 15 is 0 Å². The number of rotatable bonds is 28. The Balaban J connectivity index is 0.658. The van der Waals surface area contributed by atoms with Crippen LogP contribution in [0.15, 0.2) is 79.0 Å². The van der Waals surface area contributed by atoms with E-state index in [1.807, 2.05) is 71.1 Å². The number of aliphatic hydroxyl groups excluding tert-OH is 2. The second-order valence-corrected chi connectivity index (χ2v) is 31.3. The maximum atomic E-state index is 13.8. The highest BCUT2D eigenvalue weighted by atomic mass is 32.2. The van der Waals surface area contributed by atoms with Crippen molar-refractivity contribution < 1.29 is 77.4 Å². The van der Waals surface area contributed by atoms with Crippen molar-refractivity contribution in [2.24, 2.45) is 16.2 Å². The second kappa shape index (κ2) is 29.7. The number of likely N-dealkylation sites (tertiary alicyclic amines) is 1. The number of nitrogens with one attached hydrogen (secondary N) is 2. The molecule has 0 radical (unpaired) electrons. The van der Waals surface area contributed by atoms with E-state index < -0.39 is 59.0 Å². The molecule has 530 valence electrons. The number of hydrogen-bond acceptors (Lipinski definition) is 19. The molecule has 4 saturated carbocycles. The molecule has 8 atom stereocenters. The fraction of sp³-hybridized carbons (Fsp3) is 0.528. The lowest BCUT2D eigenvalue weighted by Gasteiger charge is -2.69. The number of ether oxygens (including phenoxy) is 5. The average Bonchev–Trinajstić information content (AvgIpc) is 0.968. The number of carbonyl (C=O) groups is 6. The van der Waals surface area contributed by atoms with Gasteiger partial charge in [-0.25, -0.2) is 24.4 Å². The van der Waals surface area contributed by atoms with Gasteiger partial charge in [-0.05, 0) is 159 Å². The summed E-state index contributed by atoms with van der Waals surface area (Å²) in [6.07, 6.45) is 3.48. The molecule has 3 aliphatic heterocycles. The molecule has 3 unspecified atom stereocenters. The number of pyridine rings is 1. The van der Waals surface area contributed by atoms with Gasteiger partial charge < -0.3 is 68.7 Å². The minimum absolute atomic E-state index is 0.0265. The van der Waals surface area contributed by atoms with Gasteiger partial charge in [-0.2, -0.15) is 5.10 Å². The number of nitrogens with zero attached hydrogens (tertiary/aromatic N) is 7. The molecule has 6 fully saturated rings. The fourth-order valence-corrected chi connectivity index (χ4v) is 18.3. The molecule has 99 heavy (non-hydrogen) atoms. The molecular formula is C72H89N9O16S2. The van der Waals surface area contributed by atoms with Gasteiger partial charge in [0, 0.05) is 86.3 Å². The fourth-order valence-electron chi connectivity index (χ4n) is 16.9. The largest absolute Gasteiger partial charge is 0.479 e. The van der Waals surface area contributed by atoms with Crippen LogP contribution in [0.5, 0.6) is 5.75 Å². The summed E-state index contributed by atoms with van der Waals surface area (Å²) >= 11 is 1.41. The summed E-state index contributed by atoms with van der Waals surface area (Å²) < 4.78 is 43.2. The van der Waals surface area contributed by atoms with Crippen molar-refractivity contribution >= 4 is 84.4 Å². The van der Waals surface area contributed by atoms with E-state index in [0.717, 1.165) is 71.1 Å². The van der Waals surface area contributed by atoms with Crippen LogP contribution in [0.4, 0.5) is 15.7 Å². The molecular weight excluding hydrogens is 1310 g/mol. The molecule has 4 aliphatic carbocycles. The lowest BCUT2D eigenvalue weighted by molar-refractivity contribution is -0.248. The highest BCUT2D eigenvalue weighted by molar-refractivity contribution is 8.10. The number of carbonyl (C=O) groups excluding carboxylic acids is 4. The molecule has 7 aliphatic rings. The minimum atomic E-state index is -1.59. The summed E-state index contributed by atoms with van der Waals surface area (Å²) in [7, 11) is 0.800. The van der Waals surface area contributed by atoms with Gasteiger partial charge in [0.2, 0.25) is 18.1 Å². The van der Waals surface area contributed by atoms with Crippen molar-refractivity contribution in [3.63, 3.8) is 0 Å². The normalized spacial score (nSPS) is 25.8. The molecule has 0 spiro atoms. The van der Waals surface area contributed by atoms with E-state index in [-0.39, 0.29) is 90.8 Å². The molecule has 3 aromatic carbocycles. The van der Waals surface area contributed by atoms with Crippen LogP contribution in [-0.2, 0) is 65.9 Å². The van der Waals surface area contributed by atoms with Gasteiger partial charge in [-0.15, -0.1) is 0 Å². The number of aryl methyl sites for hydroxylation is 1. The number of amides is 4. The van der Waals surface area contributed by atoms with E-state index in [0.29, 0.717) is 110 Å². The number of aromatic carboxylic acids is 1. The number of carboxylic acids is 2. The Hall–Kier alpha value is -7.89. The third-order valence-corrected chi connectivity index (χ3v) is 22.6. The van der Waals surface area contributed by atoms with Crippen LogP contribution in [0.2, 0.25) is 0 Å². The predicted octanol–water partition coefficient (Wildman–Crippen LogP) is 9.09. The molecule has 13 rings (SSSR count). The SMILES string of the molecule is C/C=S(/O)CCOC[C@@H]1CCC(=O)N1CC(=O)NCCCCc1ccc(COC(=O)N(C)CCOC23CC4(C)CC(C)(CC(Cn5ncc(-c6ccc(N7CCc8cccc(C(=O)Nc9nc%10ccccc%10s9)c8C7)nc6C(=O)O)c5C)(C4)C2)C3)c(O[C@@H]2O[C@H](C(=O)O)C[C@H](O)[C@H]2O)c1. The van der Waals surface area contributed by atoms with Gasteiger partial charge in [-0.3, -0.25) is 24.4 Å². The number of likely N-dealkylation sites (N-methyl/N-ethyl adjacent to an activating group) is 1. The molecule has 2 saturated heterocycles. The first-order chi connectivity index (χ1) is 47.4. The highest BCUT2D eigenvalue weighted by Crippen LogP contribution is 2.72. The molecule has 4 bridgehead atoms. The number of hydrogen-bond donors (Lipinski definition) is 7. The summed E-state index contributed by atoms with van der Waals surface area (Å²) in [5.74, 6) is -2.04. The molecule has 6 aromatic rings. The maximum Gasteiger partial charge on any atom is 0.409 e. The Labute approximate surface area is 581 Å². The zero-order valence-electron chi connectivity index (χ0n) is 56.6. The third-order valence-electron chi connectivity index (χ3n) is 20.5. The maximum absolute atomic E-state index is 13.8. The summed E-state index contributed by atoms with van der Waals surface area (Å²) in [4.78, 5) is 92.8. The first-order valence-corrected chi connectivity index (χ1v) is 36.3. The number of fused-ring (bicyclic) bond motifs is 2. The zero-order valence-corrected chi connectivity index (χ0v) is 58.2. The standard InChI is InChI=1S/C72H89N9O16S2/c1-6-99(92)29-28-93-36-48-19-22-60(84)80(48)34-59(83)73-24-10-9-12-45-17-18-47(55(30-45)96-66-62(85)54(82)31-56(97-66)64(87)88)35-94-68(91)78(5)26-27-95-72-40-69(3)37-70(4,41-72)39-71(38-69,42-72)43-81-44(2)51(32-74-81)49-20-21-58(76-61(49)65(89)90)79-25-23-46-13-11-14-50(52(46)33-79)63(86)77-67-75-53-15-7-8-16-57(53)98-67/h6-8,11,13-18,20-21,30,32,48,54,56,62,66,82,85,92H,9-10,12,19,22-29,31,33-43H2,1-5H3,(H,73,83)(H,87,88)(H,89,90)(H,75,77,86)/t48-,54-,56-,62+,66+,69?,70?,71?,72?,99?/m0/s1. The summed E-state index contributed by atoms with van der Waals surface area (Å²) in [5, 5.41) is 55.1. The van der Waals surface area contributed by atoms with Crippen molar-refractivity contribution in [3.05, 3.63) is 118 Å². The molecule has 7 N–H and O–H groups in total. The number of thiazole rings is 1. The van der Waals surface area contributed by atoms with E-state index in [9.17, 15) is 53.7 Å². The van der Waals surface area contributed by atoms with Crippen LogP contribution in [0.3, 0.4) is 0 Å². The Morgan fingerprint density at radius 1 is 0.919 bits per heavy atom. The third kappa shape index (κ3) is 16.2. The first-order valence-electron chi connectivity index (χ1n) is 34.1. The quantitative estimate of drug-likeness (QED) is 0.0178. The number of aliphatic carboxylic acids is 1. The molecule has 3 aromatic heterocycles. The van der Waals surface area contributed by atoms with Crippen LogP contribution < -0.4 is 20.3 Å². The zero-order chi connectivity index (χ0) is 70.0. The van der Waals surface area contributed by atoms with Crippen molar-refractivity contribution in [3.8, 4) is 16.9 Å². The Bertz CT molecular complexity index is 4010. The number of unbranched alkanes of at least 4 members (excludes halogenated alkanes) is 1. The van der Waals surface area contributed by atoms with Crippen molar-refractivity contribution in [1.82, 2.24) is 34.9 Å². The van der Waals surface area contributed by atoms with Crippen molar-refractivity contribution in [1.29, 1.82) is 0 Å². The van der Waals surface area contributed by atoms with Gasteiger partial charge in [-0.1, -0.05) is 72.3 Å². The predicted molar refractivity (Wildman–Crippen MR) is 372 cm³/mol. The Morgan fingerprint density at radius 2 is 1.72 bits per heavy atom. The molecule has 4 amide bonds. The second-order valence-electron chi connectivity index (χ2n) is 28.5. The number of benzene rings is 3.